The molecule has 21 heavy (non-hydrogen) atoms. The first-order chi connectivity index (χ1) is 9.88. The molecule has 2 unspecified atom stereocenters. The molecule has 4 saturated carbocycles. The fourth-order valence-electron chi connectivity index (χ4n) is 5.49. The van der Waals surface area contributed by atoms with E-state index in [0.717, 1.165) is 17.8 Å². The average Bonchev–Trinajstić information content (AvgIpc) is 2.35. The second-order valence-corrected chi connectivity index (χ2v) is 7.79. The third-order valence-corrected chi connectivity index (χ3v) is 6.12. The van der Waals surface area contributed by atoms with Crippen molar-refractivity contribution in [2.45, 2.75) is 64.0 Å². The Hall–Kier alpha value is -1.10. The molecule has 5 heteroatoms. The van der Waals surface area contributed by atoms with Crippen molar-refractivity contribution in [1.82, 2.24) is 5.32 Å². The van der Waals surface area contributed by atoms with E-state index >= 15 is 0 Å². The Labute approximate surface area is 126 Å². The van der Waals surface area contributed by atoms with E-state index in [-0.39, 0.29) is 23.8 Å². The molecule has 5 nitrogen and oxygen atoms in total. The molecule has 4 aliphatic carbocycles. The lowest BCUT2D eigenvalue weighted by Crippen LogP contribution is -2.57. The zero-order chi connectivity index (χ0) is 15.2. The van der Waals surface area contributed by atoms with Crippen molar-refractivity contribution in [1.29, 1.82) is 0 Å². The largest absolute Gasteiger partial charge is 0.370 e. The van der Waals surface area contributed by atoms with Gasteiger partial charge in [-0.05, 0) is 68.6 Å². The van der Waals surface area contributed by atoms with Crippen molar-refractivity contribution in [3.05, 3.63) is 0 Å². The zero-order valence-corrected chi connectivity index (χ0v) is 12.8. The summed E-state index contributed by atoms with van der Waals surface area (Å²) in [6, 6.07) is -0.684. The van der Waals surface area contributed by atoms with Gasteiger partial charge in [0.05, 0.1) is 12.5 Å². The van der Waals surface area contributed by atoms with Gasteiger partial charge in [-0.2, -0.15) is 0 Å². The minimum Gasteiger partial charge on any atom is -0.370 e. The van der Waals surface area contributed by atoms with E-state index in [2.05, 4.69) is 12.2 Å². The van der Waals surface area contributed by atoms with E-state index in [1.165, 1.54) is 38.5 Å². The highest BCUT2D eigenvalue weighted by molar-refractivity contribution is 5.87. The molecule has 0 aliphatic heterocycles. The van der Waals surface area contributed by atoms with Crippen molar-refractivity contribution in [3.63, 3.8) is 0 Å². The zero-order valence-electron chi connectivity index (χ0n) is 12.8. The third kappa shape index (κ3) is 2.80. The summed E-state index contributed by atoms with van der Waals surface area (Å²) in [5, 5.41) is 3.07. The van der Waals surface area contributed by atoms with Crippen LogP contribution in [0.25, 0.3) is 0 Å². The molecule has 2 atom stereocenters. The van der Waals surface area contributed by atoms with E-state index in [0.29, 0.717) is 0 Å². The molecule has 4 aliphatic rings. The van der Waals surface area contributed by atoms with Crippen LogP contribution in [0.1, 0.15) is 51.9 Å². The van der Waals surface area contributed by atoms with Crippen molar-refractivity contribution >= 4 is 11.8 Å². The lowest BCUT2D eigenvalue weighted by Gasteiger charge is -2.59. The molecule has 0 saturated heterocycles. The maximum absolute atomic E-state index is 12.1. The molecule has 0 spiro atoms. The summed E-state index contributed by atoms with van der Waals surface area (Å²) in [5.74, 6) is 1.80. The van der Waals surface area contributed by atoms with Gasteiger partial charge in [0.1, 0.15) is 0 Å². The molecule has 0 aromatic heterocycles. The summed E-state index contributed by atoms with van der Waals surface area (Å²) in [5.41, 5.74) is 11.1. The van der Waals surface area contributed by atoms with E-state index in [9.17, 15) is 9.59 Å². The Kier molecular flexibility index (Phi) is 3.72. The molecular formula is C16H27N3O2. The highest BCUT2D eigenvalue weighted by Crippen LogP contribution is 2.61. The average molecular weight is 293 g/mol. The van der Waals surface area contributed by atoms with Crippen molar-refractivity contribution in [2.24, 2.45) is 34.6 Å². The van der Waals surface area contributed by atoms with Crippen LogP contribution in [0.15, 0.2) is 0 Å². The number of hydrogen-bond acceptors (Lipinski definition) is 3. The van der Waals surface area contributed by atoms with Crippen LogP contribution in [0.2, 0.25) is 0 Å². The summed E-state index contributed by atoms with van der Waals surface area (Å²) in [4.78, 5) is 23.0. The number of carbonyl (C=O) groups excluding carboxylic acids is 2. The van der Waals surface area contributed by atoms with Gasteiger partial charge in [0, 0.05) is 6.04 Å². The van der Waals surface area contributed by atoms with Gasteiger partial charge in [-0.1, -0.05) is 0 Å². The number of rotatable bonds is 5. The number of carbonyl (C=O) groups is 2. The van der Waals surface area contributed by atoms with Crippen LogP contribution in [0, 0.1) is 23.2 Å². The van der Waals surface area contributed by atoms with Crippen LogP contribution in [-0.4, -0.2) is 23.9 Å². The van der Waals surface area contributed by atoms with E-state index in [1.807, 2.05) is 0 Å². The number of hydrogen-bond donors (Lipinski definition) is 3. The topological polar surface area (TPSA) is 98.2 Å². The smallest absolute Gasteiger partial charge is 0.237 e. The Balaban J connectivity index is 1.64. The first-order valence-corrected chi connectivity index (χ1v) is 8.22. The molecule has 4 rings (SSSR count). The highest BCUT2D eigenvalue weighted by Gasteiger charge is 2.53. The molecule has 0 radical (unpaired) electrons. The fraction of sp³-hybridized carbons (Fsp3) is 0.875. The number of amides is 2. The van der Waals surface area contributed by atoms with E-state index in [4.69, 9.17) is 11.5 Å². The van der Waals surface area contributed by atoms with E-state index < -0.39 is 11.9 Å². The molecule has 2 amide bonds. The van der Waals surface area contributed by atoms with Gasteiger partial charge >= 0.3 is 0 Å². The van der Waals surface area contributed by atoms with Crippen LogP contribution in [0.3, 0.4) is 0 Å². The molecular weight excluding hydrogens is 266 g/mol. The Morgan fingerprint density at radius 3 is 2.05 bits per heavy atom. The number of nitrogens with one attached hydrogen (secondary N) is 1. The Morgan fingerprint density at radius 1 is 1.14 bits per heavy atom. The summed E-state index contributed by atoms with van der Waals surface area (Å²) in [6.45, 7) is 2.11. The fourth-order valence-corrected chi connectivity index (χ4v) is 5.49. The van der Waals surface area contributed by atoms with Crippen LogP contribution >= 0.6 is 0 Å². The predicted molar refractivity (Wildman–Crippen MR) is 80.0 cm³/mol. The summed E-state index contributed by atoms with van der Waals surface area (Å²) in [7, 11) is 0. The lowest BCUT2D eigenvalue weighted by molar-refractivity contribution is -0.129. The van der Waals surface area contributed by atoms with E-state index in [1.54, 1.807) is 0 Å². The summed E-state index contributed by atoms with van der Waals surface area (Å²) in [6.07, 6.45) is 7.81. The van der Waals surface area contributed by atoms with Gasteiger partial charge in [-0.25, -0.2) is 0 Å². The monoisotopic (exact) mass is 293 g/mol. The van der Waals surface area contributed by atoms with Gasteiger partial charge in [-0.3, -0.25) is 9.59 Å². The molecule has 4 fully saturated rings. The molecule has 0 aromatic rings. The first kappa shape index (κ1) is 14.8. The normalized spacial score (nSPS) is 39.8. The second-order valence-electron chi connectivity index (χ2n) is 7.79. The van der Waals surface area contributed by atoms with Gasteiger partial charge < -0.3 is 16.8 Å². The number of primary amides is 1. The lowest BCUT2D eigenvalue weighted by atomic mass is 9.48. The minimum absolute atomic E-state index is 0.0839. The second kappa shape index (κ2) is 5.27. The van der Waals surface area contributed by atoms with Crippen LogP contribution in [-0.2, 0) is 9.59 Å². The van der Waals surface area contributed by atoms with Gasteiger partial charge in [0.15, 0.2) is 0 Å². The highest BCUT2D eigenvalue weighted by atomic mass is 16.2. The standard InChI is InChI=1S/C16H27N3O2/c1-9(19-15(21)13(17)5-14(18)20)16-6-10-2-11(7-16)4-12(3-10)8-16/h9-13H,2-8,17H2,1H3,(H2,18,20)(H,19,21). The van der Waals surface area contributed by atoms with Crippen molar-refractivity contribution < 1.29 is 9.59 Å². The van der Waals surface area contributed by atoms with Gasteiger partial charge in [0.25, 0.3) is 0 Å². The number of nitrogens with two attached hydrogens (primary N) is 2. The maximum Gasteiger partial charge on any atom is 0.237 e. The first-order valence-electron chi connectivity index (χ1n) is 8.22. The summed E-state index contributed by atoms with van der Waals surface area (Å²) >= 11 is 0. The van der Waals surface area contributed by atoms with Gasteiger partial charge in [-0.15, -0.1) is 0 Å². The summed E-state index contributed by atoms with van der Waals surface area (Å²) < 4.78 is 0. The quantitative estimate of drug-likeness (QED) is 0.702. The maximum atomic E-state index is 12.1. The van der Waals surface area contributed by atoms with Crippen LogP contribution in [0.4, 0.5) is 0 Å². The molecule has 5 N–H and O–H groups in total. The SMILES string of the molecule is CC(NC(=O)C(N)CC(N)=O)C12CC3CC(CC(C3)C1)C2. The third-order valence-electron chi connectivity index (χ3n) is 6.12. The predicted octanol–water partition coefficient (Wildman–Crippen LogP) is 0.910. The van der Waals surface area contributed by atoms with Gasteiger partial charge in [0.2, 0.25) is 11.8 Å². The molecule has 0 aromatic carbocycles. The minimum atomic E-state index is -0.820. The molecule has 0 heterocycles. The Bertz CT molecular complexity index is 414. The molecule has 4 bridgehead atoms. The van der Waals surface area contributed by atoms with Crippen molar-refractivity contribution in [3.8, 4) is 0 Å². The van der Waals surface area contributed by atoms with Crippen LogP contribution in [0.5, 0.6) is 0 Å². The Morgan fingerprint density at radius 2 is 1.62 bits per heavy atom. The molecule has 118 valence electrons. The van der Waals surface area contributed by atoms with Crippen molar-refractivity contribution in [2.75, 3.05) is 0 Å². The van der Waals surface area contributed by atoms with Crippen LogP contribution < -0.4 is 16.8 Å².